The summed E-state index contributed by atoms with van der Waals surface area (Å²) < 4.78 is 6.61. The van der Waals surface area contributed by atoms with Crippen LogP contribution in [-0.2, 0) is 11.3 Å². The first-order valence-corrected chi connectivity index (χ1v) is 7.02. The second-order valence-corrected chi connectivity index (χ2v) is 5.73. The first-order valence-electron chi connectivity index (χ1n) is 6.23. The smallest absolute Gasteiger partial charge is 0.0509 e. The van der Waals surface area contributed by atoms with Gasteiger partial charge in [-0.15, -0.1) is 0 Å². The highest BCUT2D eigenvalue weighted by molar-refractivity contribution is 9.10. The van der Waals surface area contributed by atoms with Crippen LogP contribution in [0.5, 0.6) is 0 Å². The molecule has 0 radical (unpaired) electrons. The third-order valence-electron chi connectivity index (χ3n) is 3.54. The summed E-state index contributed by atoms with van der Waals surface area (Å²) in [4.78, 5) is 0. The van der Waals surface area contributed by atoms with Gasteiger partial charge in [0.05, 0.1) is 6.61 Å². The van der Waals surface area contributed by atoms with Gasteiger partial charge < -0.3 is 10.1 Å². The Hall–Kier alpha value is -0.380. The van der Waals surface area contributed by atoms with Crippen LogP contribution in [0.25, 0.3) is 0 Å². The highest BCUT2D eigenvalue weighted by Gasteiger charge is 2.21. The summed E-state index contributed by atoms with van der Waals surface area (Å²) in [5, 5.41) is 3.59. The number of nitrogens with one attached hydrogen (secondary N) is 1. The van der Waals surface area contributed by atoms with Crippen LogP contribution in [0.1, 0.15) is 24.5 Å². The molecule has 0 saturated carbocycles. The van der Waals surface area contributed by atoms with E-state index >= 15 is 0 Å². The third kappa shape index (κ3) is 3.54. The second kappa shape index (κ2) is 5.98. The zero-order valence-electron chi connectivity index (χ0n) is 10.5. The molecule has 0 amide bonds. The predicted octanol–water partition coefficient (Wildman–Crippen LogP) is 3.27. The quantitative estimate of drug-likeness (QED) is 0.921. The lowest BCUT2D eigenvalue weighted by atomic mass is 10.0. The Kier molecular flexibility index (Phi) is 4.60. The fraction of sp³-hybridized carbons (Fsp3) is 0.571. The largest absolute Gasteiger partial charge is 0.381 e. The van der Waals surface area contributed by atoms with Crippen molar-refractivity contribution in [2.75, 3.05) is 13.2 Å². The summed E-state index contributed by atoms with van der Waals surface area (Å²) in [5.74, 6) is 0.670. The Morgan fingerprint density at radius 2 is 2.35 bits per heavy atom. The molecule has 0 aromatic heterocycles. The molecule has 1 aliphatic rings. The van der Waals surface area contributed by atoms with Gasteiger partial charge in [-0.1, -0.05) is 28.1 Å². The first-order chi connectivity index (χ1) is 8.16. The SMILES string of the molecule is Cc1ccc(CNC(C)C2CCOC2)cc1Br. The molecule has 17 heavy (non-hydrogen) atoms. The summed E-state index contributed by atoms with van der Waals surface area (Å²) in [5.41, 5.74) is 2.61. The van der Waals surface area contributed by atoms with Crippen molar-refractivity contribution in [2.24, 2.45) is 5.92 Å². The first kappa shape index (κ1) is 13.1. The highest BCUT2D eigenvalue weighted by atomic mass is 79.9. The van der Waals surface area contributed by atoms with Crippen LogP contribution in [0, 0.1) is 12.8 Å². The minimum atomic E-state index is 0.526. The van der Waals surface area contributed by atoms with Gasteiger partial charge in [0, 0.05) is 23.7 Å². The van der Waals surface area contributed by atoms with Crippen LogP contribution in [0.4, 0.5) is 0 Å². The van der Waals surface area contributed by atoms with Crippen molar-refractivity contribution < 1.29 is 4.74 Å². The fourth-order valence-electron chi connectivity index (χ4n) is 2.14. The summed E-state index contributed by atoms with van der Waals surface area (Å²) in [6.45, 7) is 7.12. The molecule has 1 fully saturated rings. The van der Waals surface area contributed by atoms with Crippen LogP contribution in [0.2, 0.25) is 0 Å². The van der Waals surface area contributed by atoms with Crippen molar-refractivity contribution in [3.05, 3.63) is 33.8 Å². The number of aryl methyl sites for hydroxylation is 1. The highest BCUT2D eigenvalue weighted by Crippen LogP contribution is 2.19. The van der Waals surface area contributed by atoms with Gasteiger partial charge in [-0.2, -0.15) is 0 Å². The van der Waals surface area contributed by atoms with E-state index in [1.165, 1.54) is 22.0 Å². The Morgan fingerprint density at radius 1 is 1.53 bits per heavy atom. The van der Waals surface area contributed by atoms with E-state index < -0.39 is 0 Å². The number of halogens is 1. The standard InChI is InChI=1S/C14H20BrNO/c1-10-3-4-12(7-14(10)15)8-16-11(2)13-5-6-17-9-13/h3-4,7,11,13,16H,5-6,8-9H2,1-2H3. The molecule has 0 aliphatic carbocycles. The van der Waals surface area contributed by atoms with Crippen LogP contribution in [-0.4, -0.2) is 19.3 Å². The summed E-state index contributed by atoms with van der Waals surface area (Å²) in [6, 6.07) is 7.06. The minimum absolute atomic E-state index is 0.526. The molecule has 0 spiro atoms. The Morgan fingerprint density at radius 3 is 3.00 bits per heavy atom. The van der Waals surface area contributed by atoms with E-state index in [4.69, 9.17) is 4.74 Å². The molecule has 0 bridgehead atoms. The maximum absolute atomic E-state index is 5.42. The minimum Gasteiger partial charge on any atom is -0.381 e. The number of hydrogen-bond donors (Lipinski definition) is 1. The van der Waals surface area contributed by atoms with Gasteiger partial charge in [0.15, 0.2) is 0 Å². The molecule has 1 aromatic carbocycles. The number of rotatable bonds is 4. The van der Waals surface area contributed by atoms with E-state index in [0.29, 0.717) is 12.0 Å². The van der Waals surface area contributed by atoms with Crippen LogP contribution in [0.15, 0.2) is 22.7 Å². The lowest BCUT2D eigenvalue weighted by molar-refractivity contribution is 0.178. The van der Waals surface area contributed by atoms with Crippen molar-refractivity contribution in [1.82, 2.24) is 5.32 Å². The Balaban J connectivity index is 1.86. The van der Waals surface area contributed by atoms with E-state index in [0.717, 1.165) is 19.8 Å². The molecule has 2 unspecified atom stereocenters. The van der Waals surface area contributed by atoms with E-state index in [1.54, 1.807) is 0 Å². The lowest BCUT2D eigenvalue weighted by Gasteiger charge is -2.19. The van der Waals surface area contributed by atoms with Crippen molar-refractivity contribution in [3.63, 3.8) is 0 Å². The van der Waals surface area contributed by atoms with Crippen LogP contribution in [0.3, 0.4) is 0 Å². The maximum atomic E-state index is 5.42. The van der Waals surface area contributed by atoms with Gasteiger partial charge in [0.1, 0.15) is 0 Å². The molecule has 2 nitrogen and oxygen atoms in total. The molecule has 1 aromatic rings. The second-order valence-electron chi connectivity index (χ2n) is 4.88. The monoisotopic (exact) mass is 297 g/mol. The zero-order chi connectivity index (χ0) is 12.3. The van der Waals surface area contributed by atoms with Crippen molar-refractivity contribution >= 4 is 15.9 Å². The summed E-state index contributed by atoms with van der Waals surface area (Å²) in [6.07, 6.45) is 1.19. The normalized spacial score (nSPS) is 21.7. The molecule has 94 valence electrons. The predicted molar refractivity (Wildman–Crippen MR) is 74.1 cm³/mol. The van der Waals surface area contributed by atoms with Crippen LogP contribution < -0.4 is 5.32 Å². The van der Waals surface area contributed by atoms with Gasteiger partial charge in [0.2, 0.25) is 0 Å². The Bertz CT molecular complexity index is 374. The van der Waals surface area contributed by atoms with E-state index in [1.807, 2.05) is 0 Å². The molecule has 3 heteroatoms. The van der Waals surface area contributed by atoms with Crippen molar-refractivity contribution in [2.45, 2.75) is 32.9 Å². The molecule has 1 N–H and O–H groups in total. The maximum Gasteiger partial charge on any atom is 0.0509 e. The molecule has 1 aliphatic heterocycles. The molecule has 1 heterocycles. The molecular formula is C14H20BrNO. The fourth-order valence-corrected chi connectivity index (χ4v) is 2.57. The van der Waals surface area contributed by atoms with Crippen LogP contribution >= 0.6 is 15.9 Å². The van der Waals surface area contributed by atoms with Gasteiger partial charge in [-0.05, 0) is 43.4 Å². The number of hydrogen-bond acceptors (Lipinski definition) is 2. The topological polar surface area (TPSA) is 21.3 Å². The summed E-state index contributed by atoms with van der Waals surface area (Å²) >= 11 is 3.57. The average molecular weight is 298 g/mol. The molecule has 2 atom stereocenters. The molecule has 2 rings (SSSR count). The van der Waals surface area contributed by atoms with E-state index in [2.05, 4.69) is 53.3 Å². The summed E-state index contributed by atoms with van der Waals surface area (Å²) in [7, 11) is 0. The average Bonchev–Trinajstić information content (AvgIpc) is 2.84. The van der Waals surface area contributed by atoms with Gasteiger partial charge in [-0.3, -0.25) is 0 Å². The zero-order valence-corrected chi connectivity index (χ0v) is 12.1. The van der Waals surface area contributed by atoms with Gasteiger partial charge >= 0.3 is 0 Å². The third-order valence-corrected chi connectivity index (χ3v) is 4.39. The number of ether oxygens (including phenoxy) is 1. The van der Waals surface area contributed by atoms with Gasteiger partial charge in [-0.25, -0.2) is 0 Å². The van der Waals surface area contributed by atoms with Crippen molar-refractivity contribution in [1.29, 1.82) is 0 Å². The molecule has 1 saturated heterocycles. The lowest BCUT2D eigenvalue weighted by Crippen LogP contribution is -2.33. The molecular weight excluding hydrogens is 278 g/mol. The van der Waals surface area contributed by atoms with E-state index in [-0.39, 0.29) is 0 Å². The van der Waals surface area contributed by atoms with E-state index in [9.17, 15) is 0 Å². The van der Waals surface area contributed by atoms with Crippen molar-refractivity contribution in [3.8, 4) is 0 Å². The Labute approximate surface area is 112 Å². The number of benzene rings is 1. The van der Waals surface area contributed by atoms with Gasteiger partial charge in [0.25, 0.3) is 0 Å².